The second kappa shape index (κ2) is 6.71. The number of anilines is 1. The largest absolute Gasteiger partial charge is 0.356 e. The highest BCUT2D eigenvalue weighted by Gasteiger charge is 2.24. The summed E-state index contributed by atoms with van der Waals surface area (Å²) in [6, 6.07) is 6.60. The third-order valence-corrected chi connectivity index (χ3v) is 4.49. The number of amidine groups is 1. The van der Waals surface area contributed by atoms with E-state index in [9.17, 15) is 13.2 Å². The van der Waals surface area contributed by atoms with Gasteiger partial charge in [-0.3, -0.25) is 4.79 Å². The number of para-hydroxylation sites is 1. The lowest BCUT2D eigenvalue weighted by molar-refractivity contribution is -0.120. The smallest absolute Gasteiger partial charge is 0.286 e. The second-order valence-corrected chi connectivity index (χ2v) is 6.41. The molecule has 1 aromatic carbocycles. The predicted molar refractivity (Wildman–Crippen MR) is 81.8 cm³/mol. The first-order chi connectivity index (χ1) is 10.0. The van der Waals surface area contributed by atoms with E-state index in [4.69, 9.17) is 0 Å². The van der Waals surface area contributed by atoms with Crippen LogP contribution in [0.3, 0.4) is 0 Å². The first-order valence-electron chi connectivity index (χ1n) is 6.99. The average molecular weight is 309 g/mol. The average Bonchev–Trinajstić information content (AvgIpc) is 2.45. The van der Waals surface area contributed by atoms with Crippen LogP contribution < -0.4 is 10.6 Å². The normalized spacial score (nSPS) is 15.6. The minimum Gasteiger partial charge on any atom is -0.356 e. The molecule has 0 bridgehead atoms. The number of unbranched alkanes of at least 4 members (excludes halogenated alkanes) is 1. The van der Waals surface area contributed by atoms with Crippen LogP contribution in [0.5, 0.6) is 0 Å². The summed E-state index contributed by atoms with van der Waals surface area (Å²) in [6.45, 7) is 2.70. The maximum Gasteiger partial charge on any atom is 0.286 e. The van der Waals surface area contributed by atoms with E-state index in [1.54, 1.807) is 18.2 Å². The third kappa shape index (κ3) is 4.04. The highest BCUT2D eigenvalue weighted by Crippen LogP contribution is 2.27. The Labute approximate surface area is 124 Å². The Hall–Kier alpha value is -1.89. The number of nitrogens with zero attached hydrogens (tertiary/aromatic N) is 1. The molecule has 0 saturated heterocycles. The monoisotopic (exact) mass is 309 g/mol. The molecular weight excluding hydrogens is 290 g/mol. The first kappa shape index (κ1) is 15.5. The van der Waals surface area contributed by atoms with Crippen molar-refractivity contribution in [2.75, 3.05) is 11.9 Å². The molecule has 2 N–H and O–H groups in total. The molecule has 2 rings (SSSR count). The fraction of sp³-hybridized carbons (Fsp3) is 0.429. The molecule has 0 aromatic heterocycles. The lowest BCUT2D eigenvalue weighted by Crippen LogP contribution is -2.27. The van der Waals surface area contributed by atoms with Gasteiger partial charge in [0, 0.05) is 19.4 Å². The number of nitrogens with one attached hydrogen (secondary N) is 2. The van der Waals surface area contributed by atoms with Crippen molar-refractivity contribution in [3.8, 4) is 0 Å². The number of carbonyl (C=O) groups excluding carboxylic acids is 1. The van der Waals surface area contributed by atoms with Crippen LogP contribution >= 0.6 is 0 Å². The summed E-state index contributed by atoms with van der Waals surface area (Å²) in [5.74, 6) is 0.212. The molecule has 0 atom stereocenters. The molecule has 0 spiro atoms. The van der Waals surface area contributed by atoms with Crippen molar-refractivity contribution in [1.82, 2.24) is 5.32 Å². The first-order valence-corrected chi connectivity index (χ1v) is 8.43. The number of hydrogen-bond acceptors (Lipinski definition) is 4. The number of carbonyl (C=O) groups is 1. The Morgan fingerprint density at radius 3 is 2.86 bits per heavy atom. The minimum atomic E-state index is -3.67. The van der Waals surface area contributed by atoms with Crippen LogP contribution in [0.4, 0.5) is 5.69 Å². The maximum absolute atomic E-state index is 12.0. The van der Waals surface area contributed by atoms with Crippen molar-refractivity contribution in [1.29, 1.82) is 0 Å². The van der Waals surface area contributed by atoms with E-state index in [-0.39, 0.29) is 23.6 Å². The molecule has 114 valence electrons. The number of sulfonamides is 1. The second-order valence-electron chi connectivity index (χ2n) is 4.84. The van der Waals surface area contributed by atoms with E-state index >= 15 is 0 Å². The fourth-order valence-electron chi connectivity index (χ4n) is 2.00. The molecule has 0 saturated carbocycles. The SMILES string of the molecule is CCCCNC(=O)CCC1=NS(=O)(=O)c2ccccc2N1. The Bertz CT molecular complexity index is 653. The van der Waals surface area contributed by atoms with Crippen LogP contribution in [0.25, 0.3) is 0 Å². The van der Waals surface area contributed by atoms with Crippen molar-refractivity contribution in [2.24, 2.45) is 4.40 Å². The number of rotatable bonds is 6. The molecule has 0 radical (unpaired) electrons. The summed E-state index contributed by atoms with van der Waals surface area (Å²) in [5, 5.41) is 5.76. The van der Waals surface area contributed by atoms with Gasteiger partial charge in [-0.25, -0.2) is 0 Å². The molecule has 1 aliphatic heterocycles. The number of benzene rings is 1. The standard InChI is InChI=1S/C14H19N3O3S/c1-2-3-10-15-14(18)9-8-13-16-11-6-4-5-7-12(11)21(19,20)17-13/h4-7H,2-3,8-10H2,1H3,(H,15,18)(H,16,17). The van der Waals surface area contributed by atoms with Crippen LogP contribution in [-0.4, -0.2) is 26.7 Å². The van der Waals surface area contributed by atoms with E-state index in [1.807, 2.05) is 0 Å². The molecule has 1 amide bonds. The zero-order chi connectivity index (χ0) is 15.3. The van der Waals surface area contributed by atoms with Gasteiger partial charge in [0.25, 0.3) is 10.0 Å². The summed E-state index contributed by atoms with van der Waals surface area (Å²) in [6.07, 6.45) is 2.44. The van der Waals surface area contributed by atoms with Gasteiger partial charge in [-0.15, -0.1) is 4.40 Å². The van der Waals surface area contributed by atoms with E-state index in [0.29, 0.717) is 18.1 Å². The lowest BCUT2D eigenvalue weighted by Gasteiger charge is -2.17. The fourth-order valence-corrected chi connectivity index (χ4v) is 3.17. The quantitative estimate of drug-likeness (QED) is 0.786. The van der Waals surface area contributed by atoms with Gasteiger partial charge in [0.15, 0.2) is 0 Å². The van der Waals surface area contributed by atoms with Crippen molar-refractivity contribution in [2.45, 2.75) is 37.5 Å². The summed E-state index contributed by atoms with van der Waals surface area (Å²) in [7, 11) is -3.67. The molecule has 7 heteroatoms. The Morgan fingerprint density at radius 1 is 1.33 bits per heavy atom. The summed E-state index contributed by atoms with van der Waals surface area (Å²) >= 11 is 0. The van der Waals surface area contributed by atoms with Crippen molar-refractivity contribution in [3.63, 3.8) is 0 Å². The Balaban J connectivity index is 1.97. The molecule has 0 aliphatic carbocycles. The van der Waals surface area contributed by atoms with Gasteiger partial charge in [-0.1, -0.05) is 25.5 Å². The maximum atomic E-state index is 12.0. The van der Waals surface area contributed by atoms with Crippen LogP contribution in [0.2, 0.25) is 0 Å². The van der Waals surface area contributed by atoms with Crippen LogP contribution in [-0.2, 0) is 14.8 Å². The van der Waals surface area contributed by atoms with Gasteiger partial charge in [-0.05, 0) is 18.6 Å². The summed E-state index contributed by atoms with van der Waals surface area (Å²) in [4.78, 5) is 11.8. The van der Waals surface area contributed by atoms with Gasteiger partial charge >= 0.3 is 0 Å². The molecule has 1 heterocycles. The Morgan fingerprint density at radius 2 is 2.10 bits per heavy atom. The zero-order valence-corrected chi connectivity index (χ0v) is 12.7. The van der Waals surface area contributed by atoms with Crippen LogP contribution in [0.15, 0.2) is 33.6 Å². The van der Waals surface area contributed by atoms with Gasteiger partial charge in [0.2, 0.25) is 5.91 Å². The Kier molecular flexibility index (Phi) is 4.95. The molecule has 21 heavy (non-hydrogen) atoms. The number of hydrogen-bond donors (Lipinski definition) is 2. The minimum absolute atomic E-state index is 0.0933. The third-order valence-electron chi connectivity index (χ3n) is 3.12. The lowest BCUT2D eigenvalue weighted by atomic mass is 10.2. The molecule has 1 aromatic rings. The zero-order valence-electron chi connectivity index (χ0n) is 11.9. The molecule has 6 nitrogen and oxygen atoms in total. The topological polar surface area (TPSA) is 87.6 Å². The predicted octanol–water partition coefficient (Wildman–Crippen LogP) is 1.90. The van der Waals surface area contributed by atoms with E-state index in [1.165, 1.54) is 6.07 Å². The van der Waals surface area contributed by atoms with E-state index in [2.05, 4.69) is 22.0 Å². The summed E-state index contributed by atoms with van der Waals surface area (Å²) in [5.41, 5.74) is 0.508. The van der Waals surface area contributed by atoms with Crippen LogP contribution in [0, 0.1) is 0 Å². The highest BCUT2D eigenvalue weighted by atomic mass is 32.2. The van der Waals surface area contributed by atoms with E-state index < -0.39 is 10.0 Å². The van der Waals surface area contributed by atoms with Gasteiger partial charge in [-0.2, -0.15) is 8.42 Å². The number of amides is 1. The highest BCUT2D eigenvalue weighted by molar-refractivity contribution is 7.90. The number of fused-ring (bicyclic) bond motifs is 1. The molecule has 0 unspecified atom stereocenters. The molecule has 0 fully saturated rings. The van der Waals surface area contributed by atoms with Crippen molar-refractivity contribution in [3.05, 3.63) is 24.3 Å². The molecule has 1 aliphatic rings. The van der Waals surface area contributed by atoms with Crippen molar-refractivity contribution >= 4 is 27.5 Å². The van der Waals surface area contributed by atoms with Crippen molar-refractivity contribution < 1.29 is 13.2 Å². The van der Waals surface area contributed by atoms with Gasteiger partial charge < -0.3 is 10.6 Å². The van der Waals surface area contributed by atoms with Gasteiger partial charge in [0.1, 0.15) is 10.7 Å². The molecular formula is C14H19N3O3S. The van der Waals surface area contributed by atoms with Gasteiger partial charge in [0.05, 0.1) is 5.69 Å². The van der Waals surface area contributed by atoms with E-state index in [0.717, 1.165) is 12.8 Å². The van der Waals surface area contributed by atoms with Crippen LogP contribution in [0.1, 0.15) is 32.6 Å². The summed E-state index contributed by atoms with van der Waals surface area (Å²) < 4.78 is 27.7.